The van der Waals surface area contributed by atoms with Crippen molar-refractivity contribution in [3.63, 3.8) is 0 Å². The monoisotopic (exact) mass is 487 g/mol. The van der Waals surface area contributed by atoms with Crippen LogP contribution in [0.4, 0.5) is 15.9 Å². The van der Waals surface area contributed by atoms with Crippen molar-refractivity contribution in [2.24, 2.45) is 0 Å². The molecule has 2 N–H and O–H groups in total. The van der Waals surface area contributed by atoms with E-state index in [4.69, 9.17) is 9.47 Å². The van der Waals surface area contributed by atoms with Crippen molar-refractivity contribution in [1.82, 2.24) is 19.7 Å². The minimum absolute atomic E-state index is 0.322. The number of halogens is 1. The van der Waals surface area contributed by atoms with Gasteiger partial charge in [-0.05, 0) is 43.2 Å². The molecule has 2 fully saturated rings. The highest BCUT2D eigenvalue weighted by atomic mass is 19.1. The largest absolute Gasteiger partial charge is 0.453 e. The van der Waals surface area contributed by atoms with Crippen LogP contribution < -0.4 is 10.1 Å². The van der Waals surface area contributed by atoms with Crippen LogP contribution in [0.2, 0.25) is 0 Å². The summed E-state index contributed by atoms with van der Waals surface area (Å²) in [6, 6.07) is 13.9. The summed E-state index contributed by atoms with van der Waals surface area (Å²) in [5.74, 6) is 1.37. The van der Waals surface area contributed by atoms with E-state index in [1.54, 1.807) is 30.6 Å². The minimum atomic E-state index is -0.997. The van der Waals surface area contributed by atoms with E-state index in [9.17, 15) is 9.50 Å². The van der Waals surface area contributed by atoms with Gasteiger partial charge in [-0.3, -0.25) is 9.67 Å². The number of anilines is 2. The highest BCUT2D eigenvalue weighted by molar-refractivity contribution is 5.67. The van der Waals surface area contributed by atoms with Crippen LogP contribution in [0.25, 0.3) is 11.3 Å². The van der Waals surface area contributed by atoms with Gasteiger partial charge in [-0.1, -0.05) is 12.1 Å². The Labute approximate surface area is 207 Å². The Morgan fingerprint density at radius 3 is 2.69 bits per heavy atom. The van der Waals surface area contributed by atoms with Crippen LogP contribution in [-0.4, -0.2) is 38.1 Å². The lowest BCUT2D eigenvalue weighted by Gasteiger charge is -2.31. The normalized spacial score (nSPS) is 17.1. The third-order valence-corrected chi connectivity index (χ3v) is 6.51. The summed E-state index contributed by atoms with van der Waals surface area (Å²) in [5, 5.41) is 18.9. The lowest BCUT2D eigenvalue weighted by Crippen LogP contribution is -2.34. The van der Waals surface area contributed by atoms with Gasteiger partial charge in [-0.15, -0.1) is 0 Å². The molecule has 2 aliphatic rings. The van der Waals surface area contributed by atoms with Crippen molar-refractivity contribution in [2.75, 3.05) is 18.5 Å². The molecule has 0 atom stereocenters. The van der Waals surface area contributed by atoms with E-state index >= 15 is 0 Å². The molecule has 3 aromatic heterocycles. The number of benzene rings is 1. The van der Waals surface area contributed by atoms with Gasteiger partial charge in [-0.2, -0.15) is 5.10 Å². The Morgan fingerprint density at radius 1 is 1.06 bits per heavy atom. The molecule has 8 nitrogen and oxygen atoms in total. The molecule has 4 heterocycles. The molecule has 6 rings (SSSR count). The number of pyridine rings is 2. The van der Waals surface area contributed by atoms with E-state index in [0.717, 1.165) is 18.5 Å². The van der Waals surface area contributed by atoms with Gasteiger partial charge in [0.25, 0.3) is 0 Å². The smallest absolute Gasteiger partial charge is 0.173 e. The maximum absolute atomic E-state index is 13.9. The minimum Gasteiger partial charge on any atom is -0.453 e. The molecule has 0 radical (unpaired) electrons. The fraction of sp³-hybridized carbons (Fsp3) is 0.296. The summed E-state index contributed by atoms with van der Waals surface area (Å²) < 4.78 is 27.4. The van der Waals surface area contributed by atoms with E-state index in [0.29, 0.717) is 66.4 Å². The highest BCUT2D eigenvalue weighted by Crippen LogP contribution is 2.40. The average Bonchev–Trinajstić information content (AvgIpc) is 3.65. The Bertz CT molecular complexity index is 1380. The summed E-state index contributed by atoms with van der Waals surface area (Å²) >= 11 is 0. The fourth-order valence-electron chi connectivity index (χ4n) is 4.36. The van der Waals surface area contributed by atoms with Crippen LogP contribution in [0, 0.1) is 5.82 Å². The van der Waals surface area contributed by atoms with Gasteiger partial charge in [0.2, 0.25) is 0 Å². The molecule has 1 saturated heterocycles. The third kappa shape index (κ3) is 4.80. The summed E-state index contributed by atoms with van der Waals surface area (Å²) in [7, 11) is 0. The molecule has 0 spiro atoms. The molecule has 184 valence electrons. The molecule has 1 aromatic carbocycles. The van der Waals surface area contributed by atoms with Crippen LogP contribution in [0.15, 0.2) is 67.1 Å². The Hall–Kier alpha value is -3.82. The Balaban J connectivity index is 1.24. The molecule has 0 bridgehead atoms. The number of rotatable bonds is 7. The quantitative estimate of drug-likeness (QED) is 0.363. The second-order valence-electron chi connectivity index (χ2n) is 9.24. The second-order valence-corrected chi connectivity index (χ2v) is 9.24. The van der Waals surface area contributed by atoms with E-state index in [1.165, 1.54) is 12.1 Å². The van der Waals surface area contributed by atoms with Gasteiger partial charge in [0.15, 0.2) is 5.75 Å². The first-order chi connectivity index (χ1) is 17.6. The van der Waals surface area contributed by atoms with Crippen LogP contribution in [0.5, 0.6) is 11.5 Å². The number of hydrogen-bond donors (Lipinski definition) is 2. The molecule has 1 saturated carbocycles. The van der Waals surface area contributed by atoms with Crippen molar-refractivity contribution >= 4 is 11.5 Å². The standard InChI is InChI=1S/C27H26FN5O3/c28-19-3-1-2-18(14-19)26-23(17-33(32-26)21-4-5-21)36-22-7-11-30-25(16-22)31-20-6-10-29-24(15-20)27(34)8-12-35-13-9-27/h1-3,6-7,10-11,14-17,21,34H,4-5,8-9,12-13H2,(H,29,30,31). The number of aliphatic hydroxyl groups is 1. The molecule has 0 unspecified atom stereocenters. The van der Waals surface area contributed by atoms with Crippen LogP contribution in [0.1, 0.15) is 37.4 Å². The lowest BCUT2D eigenvalue weighted by atomic mass is 9.90. The van der Waals surface area contributed by atoms with Crippen LogP contribution >= 0.6 is 0 Å². The van der Waals surface area contributed by atoms with E-state index in [2.05, 4.69) is 20.4 Å². The first-order valence-electron chi connectivity index (χ1n) is 12.1. The molecular formula is C27H26FN5O3. The highest BCUT2D eigenvalue weighted by Gasteiger charge is 2.33. The number of aromatic nitrogens is 4. The third-order valence-electron chi connectivity index (χ3n) is 6.51. The predicted octanol–water partition coefficient (Wildman–Crippen LogP) is 5.35. The first kappa shape index (κ1) is 22.6. The number of ether oxygens (including phenoxy) is 2. The molecule has 36 heavy (non-hydrogen) atoms. The van der Waals surface area contributed by atoms with Crippen molar-refractivity contribution in [1.29, 1.82) is 0 Å². The number of nitrogens with one attached hydrogen (secondary N) is 1. The predicted molar refractivity (Wildman–Crippen MR) is 132 cm³/mol. The summed E-state index contributed by atoms with van der Waals surface area (Å²) in [6.07, 6.45) is 8.35. The van der Waals surface area contributed by atoms with Crippen molar-refractivity contribution in [3.8, 4) is 22.8 Å². The van der Waals surface area contributed by atoms with E-state index in [1.807, 2.05) is 29.1 Å². The summed E-state index contributed by atoms with van der Waals surface area (Å²) in [4.78, 5) is 8.80. The van der Waals surface area contributed by atoms with Gasteiger partial charge in [0, 0.05) is 55.8 Å². The maximum atomic E-state index is 13.9. The zero-order valence-electron chi connectivity index (χ0n) is 19.6. The van der Waals surface area contributed by atoms with Crippen molar-refractivity contribution < 1.29 is 19.0 Å². The second kappa shape index (κ2) is 9.33. The number of nitrogens with zero attached hydrogens (tertiary/aromatic N) is 4. The SMILES string of the molecule is OC1(c2cc(Nc3cc(Oc4cn(C5CC5)nc4-c4cccc(F)c4)ccn3)ccn2)CCOCC1. The molecule has 1 aliphatic carbocycles. The van der Waals surface area contributed by atoms with Crippen molar-refractivity contribution in [3.05, 3.63) is 78.6 Å². The lowest BCUT2D eigenvalue weighted by molar-refractivity contribution is -0.0705. The Kier molecular flexibility index (Phi) is 5.86. The van der Waals surface area contributed by atoms with Gasteiger partial charge in [-0.25, -0.2) is 9.37 Å². The summed E-state index contributed by atoms with van der Waals surface area (Å²) in [6.45, 7) is 1.01. The van der Waals surface area contributed by atoms with Gasteiger partial charge >= 0.3 is 0 Å². The average molecular weight is 488 g/mol. The summed E-state index contributed by atoms with van der Waals surface area (Å²) in [5.41, 5.74) is 1.62. The first-order valence-corrected chi connectivity index (χ1v) is 12.1. The van der Waals surface area contributed by atoms with E-state index in [-0.39, 0.29) is 5.82 Å². The molecule has 4 aromatic rings. The van der Waals surface area contributed by atoms with Crippen LogP contribution in [0.3, 0.4) is 0 Å². The Morgan fingerprint density at radius 2 is 1.89 bits per heavy atom. The van der Waals surface area contributed by atoms with Gasteiger partial charge in [0.1, 0.15) is 28.7 Å². The molecular weight excluding hydrogens is 461 g/mol. The topological polar surface area (TPSA) is 94.3 Å². The van der Waals surface area contributed by atoms with Gasteiger partial charge in [0.05, 0.1) is 17.9 Å². The maximum Gasteiger partial charge on any atom is 0.173 e. The molecule has 1 aliphatic heterocycles. The molecule has 9 heteroatoms. The van der Waals surface area contributed by atoms with Crippen LogP contribution in [-0.2, 0) is 10.3 Å². The molecule has 0 amide bonds. The zero-order chi connectivity index (χ0) is 24.5. The van der Waals surface area contributed by atoms with E-state index < -0.39 is 5.60 Å². The zero-order valence-corrected chi connectivity index (χ0v) is 19.6. The number of hydrogen-bond acceptors (Lipinski definition) is 7. The van der Waals surface area contributed by atoms with Gasteiger partial charge < -0.3 is 19.9 Å². The fourth-order valence-corrected chi connectivity index (χ4v) is 4.36. The van der Waals surface area contributed by atoms with Crippen molar-refractivity contribution in [2.45, 2.75) is 37.3 Å².